The maximum atomic E-state index is 11.5. The number of nitrogens with one attached hydrogen (secondary N) is 1. The van der Waals surface area contributed by atoms with E-state index in [0.717, 1.165) is 7.11 Å². The first kappa shape index (κ1) is 10.9. The van der Waals surface area contributed by atoms with Crippen molar-refractivity contribution in [2.75, 3.05) is 7.11 Å². The van der Waals surface area contributed by atoms with Gasteiger partial charge in [-0.2, -0.15) is 0 Å². The zero-order valence-electron chi connectivity index (χ0n) is 8.98. The molecule has 1 aromatic heterocycles. The van der Waals surface area contributed by atoms with Crippen LogP contribution in [0.2, 0.25) is 0 Å². The fourth-order valence-corrected chi connectivity index (χ4v) is 1.51. The smallest absolute Gasteiger partial charge is 0.380 e. The van der Waals surface area contributed by atoms with Crippen molar-refractivity contribution < 1.29 is 14.3 Å². The normalized spacial score (nSPS) is 9.88. The third-order valence-electron chi connectivity index (χ3n) is 2.35. The molecular formula is C12H8N2O3. The van der Waals surface area contributed by atoms with Crippen molar-refractivity contribution in [3.05, 3.63) is 41.4 Å². The van der Waals surface area contributed by atoms with E-state index < -0.39 is 11.8 Å². The summed E-state index contributed by atoms with van der Waals surface area (Å²) in [6.07, 6.45) is 0. The molecule has 0 fully saturated rings. The van der Waals surface area contributed by atoms with E-state index >= 15 is 0 Å². The summed E-state index contributed by atoms with van der Waals surface area (Å²) in [7, 11) is 1.15. The lowest BCUT2D eigenvalue weighted by atomic mass is 10.2. The monoisotopic (exact) mass is 228 g/mol. The molecule has 0 amide bonds. The van der Waals surface area contributed by atoms with Crippen molar-refractivity contribution in [2.24, 2.45) is 0 Å². The molecule has 0 aliphatic rings. The summed E-state index contributed by atoms with van der Waals surface area (Å²) in [4.78, 5) is 28.7. The van der Waals surface area contributed by atoms with Gasteiger partial charge in [-0.05, 0) is 23.6 Å². The summed E-state index contributed by atoms with van der Waals surface area (Å²) in [5.74, 6) is -1.64. The van der Waals surface area contributed by atoms with Crippen molar-refractivity contribution >= 4 is 28.3 Å². The maximum Gasteiger partial charge on any atom is 0.380 e. The van der Waals surface area contributed by atoms with Crippen LogP contribution in [0.3, 0.4) is 0 Å². The van der Waals surface area contributed by atoms with E-state index in [0.29, 0.717) is 16.6 Å². The molecule has 84 valence electrons. The van der Waals surface area contributed by atoms with Crippen LogP contribution >= 0.6 is 0 Å². The number of hydrogen-bond acceptors (Lipinski definition) is 3. The topological polar surface area (TPSA) is 63.5 Å². The molecule has 5 nitrogen and oxygen atoms in total. The number of aromatic nitrogens is 1. The van der Waals surface area contributed by atoms with Crippen LogP contribution in [0.5, 0.6) is 0 Å². The van der Waals surface area contributed by atoms with Gasteiger partial charge in [-0.1, -0.05) is 6.07 Å². The number of ether oxygens (including phenoxy) is 1. The number of carbonyl (C=O) groups excluding carboxylic acids is 2. The molecule has 1 heterocycles. The third-order valence-corrected chi connectivity index (χ3v) is 2.35. The highest BCUT2D eigenvalue weighted by atomic mass is 16.5. The van der Waals surface area contributed by atoms with Crippen LogP contribution in [0.1, 0.15) is 10.5 Å². The fourth-order valence-electron chi connectivity index (χ4n) is 1.51. The van der Waals surface area contributed by atoms with Crippen LogP contribution in [0.25, 0.3) is 15.7 Å². The van der Waals surface area contributed by atoms with Gasteiger partial charge in [0.05, 0.1) is 19.4 Å². The molecule has 2 aromatic rings. The van der Waals surface area contributed by atoms with Gasteiger partial charge in [0.25, 0.3) is 5.78 Å². The molecule has 0 unspecified atom stereocenters. The minimum absolute atomic E-state index is 0.161. The minimum Gasteiger partial charge on any atom is -0.463 e. The van der Waals surface area contributed by atoms with Gasteiger partial charge in [-0.25, -0.2) is 9.64 Å². The van der Waals surface area contributed by atoms with E-state index in [-0.39, 0.29) is 5.69 Å². The lowest BCUT2D eigenvalue weighted by Crippen LogP contribution is -2.15. The van der Waals surface area contributed by atoms with Crippen LogP contribution in [0.15, 0.2) is 24.3 Å². The van der Waals surface area contributed by atoms with Crippen LogP contribution in [-0.2, 0) is 9.53 Å². The second-order valence-electron chi connectivity index (χ2n) is 3.39. The number of rotatable bonds is 2. The Morgan fingerprint density at radius 3 is 2.76 bits per heavy atom. The largest absolute Gasteiger partial charge is 0.463 e. The fraction of sp³-hybridized carbons (Fsp3) is 0.0833. The van der Waals surface area contributed by atoms with Crippen molar-refractivity contribution in [3.8, 4) is 0 Å². The summed E-state index contributed by atoms with van der Waals surface area (Å²) in [5.41, 5.74) is 1.34. The van der Waals surface area contributed by atoms with Gasteiger partial charge in [0.15, 0.2) is 5.69 Å². The number of hydrogen-bond donors (Lipinski definition) is 1. The van der Waals surface area contributed by atoms with E-state index in [1.165, 1.54) is 6.07 Å². The molecule has 5 heteroatoms. The molecule has 0 bridgehead atoms. The Bertz CT molecular complexity index is 649. The summed E-state index contributed by atoms with van der Waals surface area (Å²) >= 11 is 0. The lowest BCUT2D eigenvalue weighted by molar-refractivity contribution is -0.135. The van der Waals surface area contributed by atoms with Crippen molar-refractivity contribution in [1.29, 1.82) is 0 Å². The van der Waals surface area contributed by atoms with E-state index in [1.54, 1.807) is 18.2 Å². The SMILES string of the molecule is [C-]#[N+]c1ccc2[nH]c(C(=O)C(=O)OC)cc2c1. The second kappa shape index (κ2) is 4.10. The van der Waals surface area contributed by atoms with Gasteiger partial charge in [0.1, 0.15) is 0 Å². The van der Waals surface area contributed by atoms with Crippen LogP contribution in [0.4, 0.5) is 5.69 Å². The quantitative estimate of drug-likeness (QED) is 0.370. The molecule has 0 aliphatic carbocycles. The van der Waals surface area contributed by atoms with E-state index in [1.807, 2.05) is 0 Å². The van der Waals surface area contributed by atoms with Gasteiger partial charge in [0.2, 0.25) is 0 Å². The number of Topliss-reactive ketones (excluding diaryl/α,β-unsaturated/α-hetero) is 1. The number of esters is 1. The average molecular weight is 228 g/mol. The summed E-state index contributed by atoms with van der Waals surface area (Å²) in [6.45, 7) is 6.88. The highest BCUT2D eigenvalue weighted by Gasteiger charge is 2.18. The van der Waals surface area contributed by atoms with Gasteiger partial charge in [-0.15, -0.1) is 0 Å². The first-order valence-corrected chi connectivity index (χ1v) is 4.78. The molecule has 0 aliphatic heterocycles. The Hall–Kier alpha value is -2.61. The molecule has 0 atom stereocenters. The Balaban J connectivity index is 2.49. The molecule has 0 spiro atoms. The summed E-state index contributed by atoms with van der Waals surface area (Å²) in [5, 5.41) is 0.714. The highest BCUT2D eigenvalue weighted by molar-refractivity contribution is 6.40. The zero-order chi connectivity index (χ0) is 12.4. The summed E-state index contributed by atoms with van der Waals surface area (Å²) < 4.78 is 4.35. The number of fused-ring (bicyclic) bond motifs is 1. The van der Waals surface area contributed by atoms with Gasteiger partial charge in [-0.3, -0.25) is 4.79 Å². The van der Waals surface area contributed by atoms with Gasteiger partial charge < -0.3 is 9.72 Å². The Morgan fingerprint density at radius 2 is 2.12 bits per heavy atom. The molecule has 0 saturated carbocycles. The molecule has 17 heavy (non-hydrogen) atoms. The van der Waals surface area contributed by atoms with Crippen LogP contribution in [0, 0.1) is 6.57 Å². The van der Waals surface area contributed by atoms with E-state index in [4.69, 9.17) is 6.57 Å². The Kier molecular flexibility index (Phi) is 2.63. The van der Waals surface area contributed by atoms with E-state index in [9.17, 15) is 9.59 Å². The summed E-state index contributed by atoms with van der Waals surface area (Å²) in [6, 6.07) is 6.51. The van der Waals surface area contributed by atoms with Crippen molar-refractivity contribution in [3.63, 3.8) is 0 Å². The first-order valence-electron chi connectivity index (χ1n) is 4.78. The van der Waals surface area contributed by atoms with E-state index in [2.05, 4.69) is 14.6 Å². The standard InChI is InChI=1S/C12H8N2O3/c1-13-8-3-4-9-7(5-8)6-10(14-9)11(15)12(16)17-2/h3-6,14H,2H3. The molecular weight excluding hydrogens is 220 g/mol. The average Bonchev–Trinajstić information content (AvgIpc) is 2.79. The third kappa shape index (κ3) is 1.88. The van der Waals surface area contributed by atoms with Crippen LogP contribution < -0.4 is 0 Å². The predicted molar refractivity (Wildman–Crippen MR) is 60.9 cm³/mol. The van der Waals surface area contributed by atoms with Gasteiger partial charge >= 0.3 is 5.97 Å². The predicted octanol–water partition coefficient (Wildman–Crippen LogP) is 2.07. The number of nitrogens with zero attached hydrogens (tertiary/aromatic N) is 1. The second-order valence-corrected chi connectivity index (χ2v) is 3.39. The van der Waals surface area contributed by atoms with Crippen molar-refractivity contribution in [1.82, 2.24) is 4.98 Å². The molecule has 1 aromatic carbocycles. The Labute approximate surface area is 96.8 Å². The van der Waals surface area contributed by atoms with Gasteiger partial charge in [0, 0.05) is 5.52 Å². The van der Waals surface area contributed by atoms with Crippen molar-refractivity contribution in [2.45, 2.75) is 0 Å². The number of H-pyrrole nitrogens is 1. The number of ketones is 1. The number of benzene rings is 1. The number of methoxy groups -OCH3 is 1. The lowest BCUT2D eigenvalue weighted by Gasteiger charge is -1.93. The molecule has 0 radical (unpaired) electrons. The molecule has 1 N–H and O–H groups in total. The zero-order valence-corrected chi connectivity index (χ0v) is 8.98. The number of carbonyl (C=O) groups is 2. The minimum atomic E-state index is -0.915. The molecule has 2 rings (SSSR count). The first-order chi connectivity index (χ1) is 8.15. The maximum absolute atomic E-state index is 11.5. The Morgan fingerprint density at radius 1 is 1.35 bits per heavy atom. The van der Waals surface area contributed by atoms with Crippen LogP contribution in [-0.4, -0.2) is 23.8 Å². The molecule has 0 saturated heterocycles. The number of aromatic amines is 1. The highest BCUT2D eigenvalue weighted by Crippen LogP contribution is 2.22.